The summed E-state index contributed by atoms with van der Waals surface area (Å²) in [5, 5.41) is 2.13. The molecule has 3 rings (SSSR count). The molecular weight excluding hydrogens is 296 g/mol. The van der Waals surface area contributed by atoms with Crippen molar-refractivity contribution in [3.63, 3.8) is 0 Å². The molecule has 1 nitrogen and oxygen atoms in total. The molecule has 0 saturated heterocycles. The lowest BCUT2D eigenvalue weighted by Crippen LogP contribution is -1.95. The fourth-order valence-electron chi connectivity index (χ4n) is 2.11. The van der Waals surface area contributed by atoms with Crippen LogP contribution in [-0.2, 0) is 24.4 Å². The van der Waals surface area contributed by atoms with Crippen LogP contribution < -0.4 is 0 Å². The van der Waals surface area contributed by atoms with E-state index in [2.05, 4.69) is 51.6 Å². The number of ether oxygens (including phenoxy) is 1. The monoisotopic (exact) mass is 308 g/mol. The summed E-state index contributed by atoms with van der Waals surface area (Å²) < 4.78 is 5.44. The Kier molecular flexibility index (Phi) is 3.32. The minimum atomic E-state index is 0.395. The zero-order valence-corrected chi connectivity index (χ0v) is 11.8. The van der Waals surface area contributed by atoms with Crippen LogP contribution in [0.25, 0.3) is 0 Å². The molecular formula is C14H13BrOS. The van der Waals surface area contributed by atoms with Crippen molar-refractivity contribution < 1.29 is 4.74 Å². The number of hydrogen-bond acceptors (Lipinski definition) is 2. The van der Waals surface area contributed by atoms with Crippen LogP contribution in [0.3, 0.4) is 0 Å². The number of rotatable bonds is 3. The maximum atomic E-state index is 5.44. The summed E-state index contributed by atoms with van der Waals surface area (Å²) in [5.74, 6) is 0. The summed E-state index contributed by atoms with van der Waals surface area (Å²) in [6.07, 6.45) is 1.05. The lowest BCUT2D eigenvalue weighted by Gasteiger charge is -2.10. The van der Waals surface area contributed by atoms with Gasteiger partial charge in [0, 0.05) is 9.70 Å². The van der Waals surface area contributed by atoms with Crippen molar-refractivity contribution in [2.75, 3.05) is 0 Å². The van der Waals surface area contributed by atoms with E-state index in [-0.39, 0.29) is 0 Å². The minimum absolute atomic E-state index is 0.395. The van der Waals surface area contributed by atoms with Gasteiger partial charge in [-0.05, 0) is 34.6 Å². The number of alkyl halides is 1. The van der Waals surface area contributed by atoms with Crippen molar-refractivity contribution in [1.82, 2.24) is 0 Å². The van der Waals surface area contributed by atoms with Gasteiger partial charge in [-0.3, -0.25) is 0 Å². The first-order valence-corrected chi connectivity index (χ1v) is 7.48. The number of halogens is 1. The molecule has 17 heavy (non-hydrogen) atoms. The summed E-state index contributed by atoms with van der Waals surface area (Å²) in [6, 6.07) is 11.0. The van der Waals surface area contributed by atoms with Crippen LogP contribution in [0, 0.1) is 0 Å². The van der Waals surface area contributed by atoms with Crippen LogP contribution in [-0.4, -0.2) is 0 Å². The third-order valence-electron chi connectivity index (χ3n) is 3.07. The average molecular weight is 309 g/mol. The molecule has 0 amide bonds. The molecule has 1 aliphatic heterocycles. The highest BCUT2D eigenvalue weighted by atomic mass is 79.9. The normalized spacial score (nSPS) is 15.8. The molecule has 1 aliphatic rings. The van der Waals surface area contributed by atoms with Crippen molar-refractivity contribution in [3.8, 4) is 0 Å². The van der Waals surface area contributed by atoms with E-state index in [0.717, 1.165) is 19.6 Å². The summed E-state index contributed by atoms with van der Waals surface area (Å²) in [5.41, 5.74) is 4.03. The molecule has 2 heterocycles. The molecule has 0 saturated carbocycles. The van der Waals surface area contributed by atoms with Gasteiger partial charge in [-0.2, -0.15) is 0 Å². The van der Waals surface area contributed by atoms with Gasteiger partial charge < -0.3 is 4.74 Å². The fourth-order valence-corrected chi connectivity index (χ4v) is 3.71. The molecule has 0 fully saturated rings. The fraction of sp³-hybridized carbons (Fsp3) is 0.286. The molecule has 1 aromatic heterocycles. The zero-order valence-electron chi connectivity index (χ0n) is 9.36. The van der Waals surface area contributed by atoms with Gasteiger partial charge in [-0.25, -0.2) is 0 Å². The Morgan fingerprint density at radius 1 is 1.24 bits per heavy atom. The predicted molar refractivity (Wildman–Crippen MR) is 74.6 cm³/mol. The zero-order chi connectivity index (χ0) is 11.7. The van der Waals surface area contributed by atoms with E-state index in [1.54, 1.807) is 0 Å². The van der Waals surface area contributed by atoms with E-state index in [1.807, 2.05) is 11.3 Å². The molecule has 0 spiro atoms. The quantitative estimate of drug-likeness (QED) is 0.761. The largest absolute Gasteiger partial charge is 0.372 e. The molecule has 1 aromatic carbocycles. The molecule has 3 heteroatoms. The second-order valence-corrected chi connectivity index (χ2v) is 6.41. The maximum Gasteiger partial charge on any atom is 0.0725 e. The Bertz CT molecular complexity index is 507. The highest BCUT2D eigenvalue weighted by molar-refractivity contribution is 9.09. The van der Waals surface area contributed by atoms with Crippen molar-refractivity contribution in [3.05, 3.63) is 57.3 Å². The molecule has 0 N–H and O–H groups in total. The first-order chi connectivity index (χ1) is 8.33. The van der Waals surface area contributed by atoms with Crippen molar-refractivity contribution >= 4 is 27.3 Å². The van der Waals surface area contributed by atoms with Crippen LogP contribution in [0.2, 0.25) is 0 Å². The number of thiophene rings is 1. The van der Waals surface area contributed by atoms with Gasteiger partial charge in [0.15, 0.2) is 0 Å². The average Bonchev–Trinajstić information content (AvgIpc) is 2.97. The van der Waals surface area contributed by atoms with E-state index in [1.165, 1.54) is 21.6 Å². The van der Waals surface area contributed by atoms with Gasteiger partial charge in [-0.1, -0.05) is 40.2 Å². The van der Waals surface area contributed by atoms with Crippen molar-refractivity contribution in [1.29, 1.82) is 0 Å². The molecule has 0 radical (unpaired) electrons. The summed E-state index contributed by atoms with van der Waals surface area (Å²) in [6.45, 7) is 1.54. The lowest BCUT2D eigenvalue weighted by molar-refractivity contribution is 0.134. The van der Waals surface area contributed by atoms with Crippen LogP contribution >= 0.6 is 27.3 Å². The van der Waals surface area contributed by atoms with Gasteiger partial charge >= 0.3 is 0 Å². The van der Waals surface area contributed by atoms with Crippen molar-refractivity contribution in [2.45, 2.75) is 24.5 Å². The van der Waals surface area contributed by atoms with E-state index in [4.69, 9.17) is 4.74 Å². The van der Waals surface area contributed by atoms with Crippen LogP contribution in [0.15, 0.2) is 35.7 Å². The van der Waals surface area contributed by atoms with Gasteiger partial charge in [-0.15, -0.1) is 11.3 Å². The molecule has 1 atom stereocenters. The number of benzene rings is 1. The molecule has 2 aromatic rings. The Labute approximate surface area is 114 Å². The lowest BCUT2D eigenvalue weighted by atomic mass is 10.0. The molecule has 88 valence electrons. The van der Waals surface area contributed by atoms with Crippen molar-refractivity contribution in [2.24, 2.45) is 0 Å². The maximum absolute atomic E-state index is 5.44. The predicted octanol–water partition coefficient (Wildman–Crippen LogP) is 4.46. The summed E-state index contributed by atoms with van der Waals surface area (Å²) in [4.78, 5) is 1.82. The van der Waals surface area contributed by atoms with Crippen LogP contribution in [0.5, 0.6) is 0 Å². The second-order valence-electron chi connectivity index (χ2n) is 4.27. The Balaban J connectivity index is 1.79. The third kappa shape index (κ3) is 2.46. The topological polar surface area (TPSA) is 9.23 Å². The standard InChI is InChI=1S/C14H13BrOS/c15-14(7-13-2-1-5-17-13)10-3-4-11-8-16-9-12(11)6-10/h1-6,14H,7-9H2. The second kappa shape index (κ2) is 4.92. The van der Waals surface area contributed by atoms with Gasteiger partial charge in [0.25, 0.3) is 0 Å². The Hall–Kier alpha value is -0.640. The van der Waals surface area contributed by atoms with Gasteiger partial charge in [0.1, 0.15) is 0 Å². The van der Waals surface area contributed by atoms with E-state index < -0.39 is 0 Å². The number of hydrogen-bond donors (Lipinski definition) is 0. The Morgan fingerprint density at radius 3 is 2.94 bits per heavy atom. The SMILES string of the molecule is BrC(Cc1cccs1)c1ccc2c(c1)COC2. The van der Waals surface area contributed by atoms with E-state index in [9.17, 15) is 0 Å². The van der Waals surface area contributed by atoms with E-state index >= 15 is 0 Å². The van der Waals surface area contributed by atoms with Gasteiger partial charge in [0.05, 0.1) is 13.2 Å². The first kappa shape index (κ1) is 11.5. The number of fused-ring (bicyclic) bond motifs is 1. The van der Waals surface area contributed by atoms with Gasteiger partial charge in [0.2, 0.25) is 0 Å². The highest BCUT2D eigenvalue weighted by Gasteiger charge is 2.15. The van der Waals surface area contributed by atoms with E-state index in [0.29, 0.717) is 4.83 Å². The minimum Gasteiger partial charge on any atom is -0.372 e. The summed E-state index contributed by atoms with van der Waals surface area (Å²) >= 11 is 5.60. The Morgan fingerprint density at radius 2 is 2.12 bits per heavy atom. The molecule has 0 aliphatic carbocycles. The third-order valence-corrected chi connectivity index (χ3v) is 4.82. The van der Waals surface area contributed by atoms with Crippen LogP contribution in [0.4, 0.5) is 0 Å². The molecule has 0 bridgehead atoms. The van der Waals surface area contributed by atoms with Crippen LogP contribution in [0.1, 0.15) is 26.4 Å². The molecule has 1 unspecified atom stereocenters. The highest BCUT2D eigenvalue weighted by Crippen LogP contribution is 2.31. The summed E-state index contributed by atoms with van der Waals surface area (Å²) in [7, 11) is 0. The smallest absolute Gasteiger partial charge is 0.0725 e. The first-order valence-electron chi connectivity index (χ1n) is 5.69.